The van der Waals surface area contributed by atoms with Crippen LogP contribution in [-0.2, 0) is 11.3 Å². The number of amides is 2. The van der Waals surface area contributed by atoms with E-state index in [1.54, 1.807) is 17.9 Å². The van der Waals surface area contributed by atoms with Gasteiger partial charge in [-0.3, -0.25) is 9.59 Å². The molecule has 2 N–H and O–H groups in total. The first kappa shape index (κ1) is 15.9. The molecule has 0 saturated carbocycles. The molecular weight excluding hydrogens is 326 g/mol. The van der Waals surface area contributed by atoms with E-state index in [1.807, 2.05) is 35.0 Å². The van der Waals surface area contributed by atoms with Crippen LogP contribution in [0.1, 0.15) is 23.0 Å². The zero-order valence-electron chi connectivity index (χ0n) is 12.9. The Hall–Kier alpha value is -3.00. The van der Waals surface area contributed by atoms with Gasteiger partial charge in [0.15, 0.2) is 5.13 Å². The Morgan fingerprint density at radius 2 is 2.17 bits per heavy atom. The number of nitrogens with zero attached hydrogens (tertiary/aromatic N) is 3. The van der Waals surface area contributed by atoms with Crippen LogP contribution in [0, 0.1) is 0 Å². The normalized spacial score (nSPS) is 10.4. The van der Waals surface area contributed by atoms with E-state index < -0.39 is 0 Å². The van der Waals surface area contributed by atoms with Gasteiger partial charge in [-0.1, -0.05) is 12.1 Å². The summed E-state index contributed by atoms with van der Waals surface area (Å²) >= 11 is 1.21. The smallest absolute Gasteiger partial charge is 0.275 e. The molecule has 0 unspecified atom stereocenters. The number of hydrogen-bond donors (Lipinski definition) is 2. The summed E-state index contributed by atoms with van der Waals surface area (Å²) in [5.41, 5.74) is 2.00. The van der Waals surface area contributed by atoms with E-state index in [-0.39, 0.29) is 17.5 Å². The maximum Gasteiger partial charge on any atom is 0.275 e. The van der Waals surface area contributed by atoms with E-state index in [0.29, 0.717) is 17.4 Å². The molecule has 0 fully saturated rings. The van der Waals surface area contributed by atoms with Gasteiger partial charge >= 0.3 is 0 Å². The largest absolute Gasteiger partial charge is 0.333 e. The summed E-state index contributed by atoms with van der Waals surface area (Å²) in [6.45, 7) is 2.07. The Balaban J connectivity index is 1.68. The number of hydrogen-bond acceptors (Lipinski definition) is 5. The lowest BCUT2D eigenvalue weighted by atomic mass is 10.2. The summed E-state index contributed by atoms with van der Waals surface area (Å²) in [7, 11) is 0. The molecule has 0 atom stereocenters. The van der Waals surface area contributed by atoms with Crippen molar-refractivity contribution in [3.05, 3.63) is 59.6 Å². The lowest BCUT2D eigenvalue weighted by Gasteiger charge is -2.07. The maximum absolute atomic E-state index is 12.2. The quantitative estimate of drug-likeness (QED) is 0.746. The van der Waals surface area contributed by atoms with Gasteiger partial charge in [0, 0.05) is 36.9 Å². The van der Waals surface area contributed by atoms with Crippen molar-refractivity contribution < 1.29 is 9.59 Å². The second-order valence-electron chi connectivity index (χ2n) is 5.11. The SMILES string of the molecule is CC(=O)Nc1nc(C(=O)Nc2cccc(Cn3ccnc3)c2)cs1. The van der Waals surface area contributed by atoms with Gasteiger partial charge in [0.05, 0.1) is 6.33 Å². The summed E-state index contributed by atoms with van der Waals surface area (Å²) in [4.78, 5) is 31.3. The van der Waals surface area contributed by atoms with Crippen molar-refractivity contribution in [2.45, 2.75) is 13.5 Å². The fourth-order valence-corrected chi connectivity index (χ4v) is 2.86. The van der Waals surface area contributed by atoms with E-state index in [0.717, 1.165) is 5.56 Å². The van der Waals surface area contributed by atoms with Crippen LogP contribution in [0.2, 0.25) is 0 Å². The molecule has 0 aliphatic rings. The highest BCUT2D eigenvalue weighted by Crippen LogP contribution is 2.17. The third kappa shape index (κ3) is 4.05. The fourth-order valence-electron chi connectivity index (χ4n) is 2.12. The molecule has 0 aliphatic carbocycles. The molecule has 3 aromatic rings. The number of imidazole rings is 1. The third-order valence-electron chi connectivity index (χ3n) is 3.13. The van der Waals surface area contributed by atoms with Gasteiger partial charge in [-0.15, -0.1) is 11.3 Å². The van der Waals surface area contributed by atoms with Crippen LogP contribution in [0.25, 0.3) is 0 Å². The van der Waals surface area contributed by atoms with Gasteiger partial charge in [-0.2, -0.15) is 0 Å². The number of carbonyl (C=O) groups is 2. The van der Waals surface area contributed by atoms with Gasteiger partial charge in [0.1, 0.15) is 5.69 Å². The fraction of sp³-hybridized carbons (Fsp3) is 0.125. The van der Waals surface area contributed by atoms with Crippen LogP contribution < -0.4 is 10.6 Å². The molecule has 2 amide bonds. The Kier molecular flexibility index (Phi) is 4.66. The van der Waals surface area contributed by atoms with Gasteiger partial charge in [-0.25, -0.2) is 9.97 Å². The standard InChI is InChI=1S/C16H15N5O2S/c1-11(22)18-16-20-14(9-24-16)15(23)19-13-4-2-3-12(7-13)8-21-6-5-17-10-21/h2-7,9-10H,8H2,1H3,(H,19,23)(H,18,20,22). The molecule has 3 rings (SSSR count). The first-order valence-electron chi connectivity index (χ1n) is 7.19. The van der Waals surface area contributed by atoms with Crippen LogP contribution >= 0.6 is 11.3 Å². The van der Waals surface area contributed by atoms with Crippen molar-refractivity contribution in [3.63, 3.8) is 0 Å². The van der Waals surface area contributed by atoms with Crippen molar-refractivity contribution in [1.29, 1.82) is 0 Å². The molecule has 1 aromatic carbocycles. The molecule has 7 nitrogen and oxygen atoms in total. The van der Waals surface area contributed by atoms with Crippen LogP contribution in [0.3, 0.4) is 0 Å². The third-order valence-corrected chi connectivity index (χ3v) is 3.89. The lowest BCUT2D eigenvalue weighted by Crippen LogP contribution is -2.13. The highest BCUT2D eigenvalue weighted by molar-refractivity contribution is 7.14. The molecule has 8 heteroatoms. The molecule has 0 radical (unpaired) electrons. The Bertz CT molecular complexity index is 857. The molecule has 2 heterocycles. The molecule has 122 valence electrons. The topological polar surface area (TPSA) is 88.9 Å². The molecule has 2 aromatic heterocycles. The summed E-state index contributed by atoms with van der Waals surface area (Å²) in [5, 5.41) is 7.38. The van der Waals surface area contributed by atoms with Gasteiger partial charge in [0.25, 0.3) is 5.91 Å². The average molecular weight is 341 g/mol. The minimum atomic E-state index is -0.317. The second-order valence-corrected chi connectivity index (χ2v) is 5.97. The Morgan fingerprint density at radius 1 is 1.29 bits per heavy atom. The number of anilines is 2. The molecule has 0 aliphatic heterocycles. The summed E-state index contributed by atoms with van der Waals surface area (Å²) in [6, 6.07) is 7.58. The zero-order valence-corrected chi connectivity index (χ0v) is 13.7. The van der Waals surface area contributed by atoms with Crippen LogP contribution in [-0.4, -0.2) is 26.3 Å². The number of thiazole rings is 1. The van der Waals surface area contributed by atoms with Gasteiger partial charge in [-0.05, 0) is 17.7 Å². The maximum atomic E-state index is 12.2. The minimum Gasteiger partial charge on any atom is -0.333 e. The number of aromatic nitrogens is 3. The van der Waals surface area contributed by atoms with E-state index >= 15 is 0 Å². The minimum absolute atomic E-state index is 0.219. The summed E-state index contributed by atoms with van der Waals surface area (Å²) in [5.74, 6) is -0.536. The van der Waals surface area contributed by atoms with E-state index in [2.05, 4.69) is 20.6 Å². The molecule has 0 spiro atoms. The number of nitrogens with one attached hydrogen (secondary N) is 2. The van der Waals surface area contributed by atoms with E-state index in [9.17, 15) is 9.59 Å². The molecule has 0 saturated heterocycles. The molecular formula is C16H15N5O2S. The van der Waals surface area contributed by atoms with Gasteiger partial charge < -0.3 is 15.2 Å². The molecule has 24 heavy (non-hydrogen) atoms. The van der Waals surface area contributed by atoms with E-state index in [1.165, 1.54) is 18.3 Å². The Labute approximate surface area is 142 Å². The zero-order chi connectivity index (χ0) is 16.9. The highest BCUT2D eigenvalue weighted by atomic mass is 32.1. The van der Waals surface area contributed by atoms with Crippen LogP contribution in [0.5, 0.6) is 0 Å². The summed E-state index contributed by atoms with van der Waals surface area (Å²) in [6.07, 6.45) is 5.34. The van der Waals surface area contributed by atoms with Crippen molar-refractivity contribution in [2.24, 2.45) is 0 Å². The van der Waals surface area contributed by atoms with Crippen molar-refractivity contribution in [3.8, 4) is 0 Å². The average Bonchev–Trinajstić information content (AvgIpc) is 3.19. The lowest BCUT2D eigenvalue weighted by molar-refractivity contribution is -0.114. The summed E-state index contributed by atoms with van der Waals surface area (Å²) < 4.78 is 1.95. The van der Waals surface area contributed by atoms with Crippen LogP contribution in [0.15, 0.2) is 48.4 Å². The highest BCUT2D eigenvalue weighted by Gasteiger charge is 2.12. The predicted molar refractivity (Wildman–Crippen MR) is 92.1 cm³/mol. The van der Waals surface area contributed by atoms with E-state index in [4.69, 9.17) is 0 Å². The number of carbonyl (C=O) groups excluding carboxylic acids is 2. The Morgan fingerprint density at radius 3 is 2.92 bits per heavy atom. The number of rotatable bonds is 5. The van der Waals surface area contributed by atoms with Crippen molar-refractivity contribution in [1.82, 2.24) is 14.5 Å². The van der Waals surface area contributed by atoms with Gasteiger partial charge in [0.2, 0.25) is 5.91 Å². The molecule has 0 bridgehead atoms. The predicted octanol–water partition coefficient (Wildman–Crippen LogP) is 2.60. The van der Waals surface area contributed by atoms with Crippen molar-refractivity contribution >= 4 is 34.0 Å². The monoisotopic (exact) mass is 341 g/mol. The number of benzene rings is 1. The second kappa shape index (κ2) is 7.05. The first-order valence-corrected chi connectivity index (χ1v) is 8.07. The van der Waals surface area contributed by atoms with Crippen molar-refractivity contribution in [2.75, 3.05) is 10.6 Å². The first-order chi connectivity index (χ1) is 11.6. The van der Waals surface area contributed by atoms with Crippen LogP contribution in [0.4, 0.5) is 10.8 Å².